The molecule has 0 rings (SSSR count). The zero-order valence-corrected chi connectivity index (χ0v) is 67.1. The van der Waals surface area contributed by atoms with Crippen molar-refractivity contribution in [2.75, 3.05) is 39.6 Å². The second-order valence-electron chi connectivity index (χ2n) is 25.5. The molecule has 106 heavy (non-hydrogen) atoms. The van der Waals surface area contributed by atoms with Crippen LogP contribution >= 0.6 is 15.6 Å². The monoisotopic (exact) mass is 1520 g/mol. The third-order valence-corrected chi connectivity index (χ3v) is 17.4. The minimum atomic E-state index is -5.01. The first kappa shape index (κ1) is 99.9. The highest BCUT2D eigenvalue weighted by molar-refractivity contribution is 7.47. The fourth-order valence-electron chi connectivity index (χ4n) is 9.65. The van der Waals surface area contributed by atoms with Gasteiger partial charge in [0.25, 0.3) is 0 Å². The van der Waals surface area contributed by atoms with E-state index in [0.29, 0.717) is 32.1 Å². The largest absolute Gasteiger partial charge is 0.472 e. The minimum Gasteiger partial charge on any atom is -0.462 e. The average Bonchev–Trinajstić information content (AvgIpc) is 0.902. The third kappa shape index (κ3) is 76.1. The van der Waals surface area contributed by atoms with Gasteiger partial charge in [-0.3, -0.25) is 37.3 Å². The summed E-state index contributed by atoms with van der Waals surface area (Å²) in [6, 6.07) is 0. The molecule has 598 valence electrons. The molecule has 19 heteroatoms. The van der Waals surface area contributed by atoms with E-state index in [9.17, 15) is 43.2 Å². The van der Waals surface area contributed by atoms with Gasteiger partial charge in [-0.1, -0.05) is 261 Å². The number of aliphatic hydroxyl groups excluding tert-OH is 1. The Morgan fingerprint density at radius 1 is 0.264 bits per heavy atom. The van der Waals surface area contributed by atoms with E-state index in [1.807, 2.05) is 0 Å². The van der Waals surface area contributed by atoms with Gasteiger partial charge in [-0.25, -0.2) is 9.13 Å². The van der Waals surface area contributed by atoms with Crippen LogP contribution in [0.1, 0.15) is 272 Å². The van der Waals surface area contributed by atoms with Crippen molar-refractivity contribution in [3.63, 3.8) is 0 Å². The molecule has 0 saturated heterocycles. The molecule has 3 N–H and O–H groups in total. The molecular formula is C87H138O17P2. The summed E-state index contributed by atoms with van der Waals surface area (Å²) in [5, 5.41) is 10.6. The SMILES string of the molecule is CC/C=C\C/C=C\C/C=C\C/C=C\C/C=C\CCCCCC(=O)OCC(COP(=O)(O)OCC(O)COP(=O)(O)OCC(COC(=O)CCCC/C=C\C/C=C\C/C=C\C/C=C\CC)OC(=O)CCCC/C=C\C/C=C\C/C=C\C/C=C\CC)OC(=O)CCCCCCCCC/C=C\C/C=C\C/C=C\CC. The van der Waals surface area contributed by atoms with E-state index in [0.717, 1.165) is 186 Å². The van der Waals surface area contributed by atoms with Crippen LogP contribution in [0.4, 0.5) is 0 Å². The third-order valence-electron chi connectivity index (χ3n) is 15.5. The molecule has 0 aromatic heterocycles. The van der Waals surface area contributed by atoms with Crippen LogP contribution in [0, 0.1) is 0 Å². The number of carbonyl (C=O) groups excluding carboxylic acids is 4. The summed E-state index contributed by atoms with van der Waals surface area (Å²) in [5.41, 5.74) is 0. The second kappa shape index (κ2) is 77.1. The molecule has 0 bridgehead atoms. The number of phosphoric acid groups is 2. The van der Waals surface area contributed by atoms with E-state index in [1.54, 1.807) is 0 Å². The van der Waals surface area contributed by atoms with Crippen molar-refractivity contribution in [1.29, 1.82) is 0 Å². The number of carbonyl (C=O) groups is 4. The molecule has 0 aliphatic carbocycles. The molecule has 0 amide bonds. The first-order valence-corrected chi connectivity index (χ1v) is 42.7. The lowest BCUT2D eigenvalue weighted by atomic mass is 10.1. The van der Waals surface area contributed by atoms with Gasteiger partial charge in [0.1, 0.15) is 19.3 Å². The molecule has 0 aromatic carbocycles. The number of hydrogen-bond acceptors (Lipinski definition) is 15. The molecule has 17 nitrogen and oxygen atoms in total. The topological polar surface area (TPSA) is 237 Å². The van der Waals surface area contributed by atoms with Crippen molar-refractivity contribution in [2.45, 2.75) is 290 Å². The number of allylic oxidation sites excluding steroid dienone is 32. The maximum absolute atomic E-state index is 13.1. The van der Waals surface area contributed by atoms with Crippen LogP contribution in [-0.2, 0) is 65.4 Å². The highest BCUT2D eigenvalue weighted by Crippen LogP contribution is 2.45. The Hall–Kier alpha value is -6.10. The quantitative estimate of drug-likeness (QED) is 0.0169. The Morgan fingerprint density at radius 3 is 0.736 bits per heavy atom. The Labute approximate surface area is 640 Å². The Kier molecular flexibility index (Phi) is 72.6. The molecule has 0 aliphatic rings. The Balaban J connectivity index is 5.50. The van der Waals surface area contributed by atoms with Crippen molar-refractivity contribution < 1.29 is 80.2 Å². The highest BCUT2D eigenvalue weighted by Gasteiger charge is 2.30. The smallest absolute Gasteiger partial charge is 0.462 e. The first-order valence-electron chi connectivity index (χ1n) is 39.7. The predicted octanol–water partition coefficient (Wildman–Crippen LogP) is 23.3. The van der Waals surface area contributed by atoms with Gasteiger partial charge >= 0.3 is 39.5 Å². The Bertz CT molecular complexity index is 2780. The van der Waals surface area contributed by atoms with Crippen LogP contribution in [-0.4, -0.2) is 96.7 Å². The molecule has 5 unspecified atom stereocenters. The second-order valence-corrected chi connectivity index (χ2v) is 28.4. The maximum atomic E-state index is 13.1. The molecule has 0 heterocycles. The van der Waals surface area contributed by atoms with Gasteiger partial charge < -0.3 is 33.8 Å². The van der Waals surface area contributed by atoms with Crippen molar-refractivity contribution in [2.24, 2.45) is 0 Å². The van der Waals surface area contributed by atoms with Crippen molar-refractivity contribution in [3.05, 3.63) is 194 Å². The van der Waals surface area contributed by atoms with Gasteiger partial charge in [-0.2, -0.15) is 0 Å². The van der Waals surface area contributed by atoms with Gasteiger partial charge in [0.2, 0.25) is 0 Å². The van der Waals surface area contributed by atoms with E-state index < -0.39 is 97.5 Å². The van der Waals surface area contributed by atoms with Gasteiger partial charge in [-0.05, 0) is 180 Å². The number of phosphoric ester groups is 2. The number of aliphatic hydroxyl groups is 1. The first-order chi connectivity index (χ1) is 51.7. The number of rotatable bonds is 72. The van der Waals surface area contributed by atoms with E-state index in [2.05, 4.69) is 222 Å². The molecular weight excluding hydrogens is 1380 g/mol. The molecule has 5 atom stereocenters. The lowest BCUT2D eigenvalue weighted by Gasteiger charge is -2.21. The summed E-state index contributed by atoms with van der Waals surface area (Å²) >= 11 is 0. The summed E-state index contributed by atoms with van der Waals surface area (Å²) in [5.74, 6) is -2.34. The van der Waals surface area contributed by atoms with E-state index in [-0.39, 0.29) is 25.7 Å². The van der Waals surface area contributed by atoms with Crippen LogP contribution in [0.15, 0.2) is 194 Å². The number of ether oxygens (including phenoxy) is 4. The zero-order valence-electron chi connectivity index (χ0n) is 65.3. The lowest BCUT2D eigenvalue weighted by molar-refractivity contribution is -0.161. The lowest BCUT2D eigenvalue weighted by Crippen LogP contribution is -2.30. The van der Waals surface area contributed by atoms with E-state index in [1.165, 1.54) is 0 Å². The fourth-order valence-corrected chi connectivity index (χ4v) is 11.2. The summed E-state index contributed by atoms with van der Waals surface area (Å²) in [6.45, 7) is 4.25. The number of unbranched alkanes of at least 4 members (excludes halogenated alkanes) is 14. The summed E-state index contributed by atoms with van der Waals surface area (Å²) < 4.78 is 68.5. The normalized spacial score (nSPS) is 14.9. The minimum absolute atomic E-state index is 0.0251. The van der Waals surface area contributed by atoms with E-state index in [4.69, 9.17) is 37.0 Å². The van der Waals surface area contributed by atoms with Gasteiger partial charge in [0, 0.05) is 25.7 Å². The zero-order chi connectivity index (χ0) is 77.4. The molecule has 0 spiro atoms. The van der Waals surface area contributed by atoms with Gasteiger partial charge in [-0.15, -0.1) is 0 Å². The standard InChI is InChI=1S/C87H138O17P2/c1-5-9-13-17-21-25-29-33-37-39-40-42-45-48-52-56-60-64-68-72-85(90)98-78-83(104-87(92)74-70-66-62-58-54-50-46-41-38-34-30-26-22-18-14-10-6-2)80-102-106(95,96)100-76-81(88)75-99-105(93,94)101-79-82(103-86(91)73-69-65-61-57-53-49-44-36-32-28-24-20-16-12-8-4)77-97-84(89)71-67-63-59-55-51-47-43-35-31-27-23-19-15-11-7-3/h9-16,21-28,33-38,40,42-44,48,51-53,55,57,81-83,88H,5-8,17-20,29-32,39,41,45-47,49-50,54,56,58-80H2,1-4H3,(H,93,94)(H,95,96)/b13-9-,14-10-,15-11-,16-12-,25-21-,26-22-,27-23-,28-24-,37-33-,38-34-,42-40-,43-35-,44-36-,52-48-,55-51-,57-53-. The van der Waals surface area contributed by atoms with Crippen molar-refractivity contribution in [3.8, 4) is 0 Å². The average molecular weight is 1520 g/mol. The van der Waals surface area contributed by atoms with Gasteiger partial charge in [0.15, 0.2) is 12.2 Å². The predicted molar refractivity (Wildman–Crippen MR) is 436 cm³/mol. The summed E-state index contributed by atoms with van der Waals surface area (Å²) in [6.07, 6.45) is 94.2. The molecule has 0 radical (unpaired) electrons. The summed E-state index contributed by atoms with van der Waals surface area (Å²) in [4.78, 5) is 73.0. The van der Waals surface area contributed by atoms with Crippen molar-refractivity contribution in [1.82, 2.24) is 0 Å². The van der Waals surface area contributed by atoms with Crippen LogP contribution in [0.5, 0.6) is 0 Å². The molecule has 0 fully saturated rings. The van der Waals surface area contributed by atoms with Gasteiger partial charge in [0.05, 0.1) is 26.4 Å². The Morgan fingerprint density at radius 2 is 0.462 bits per heavy atom. The van der Waals surface area contributed by atoms with E-state index >= 15 is 0 Å². The van der Waals surface area contributed by atoms with Crippen LogP contribution in [0.25, 0.3) is 0 Å². The van der Waals surface area contributed by atoms with Crippen LogP contribution in [0.2, 0.25) is 0 Å². The maximum Gasteiger partial charge on any atom is 0.472 e. The molecule has 0 aromatic rings. The molecule has 0 aliphatic heterocycles. The van der Waals surface area contributed by atoms with Crippen LogP contribution < -0.4 is 0 Å². The summed E-state index contributed by atoms with van der Waals surface area (Å²) in [7, 11) is -10.0. The molecule has 0 saturated carbocycles. The number of hydrogen-bond donors (Lipinski definition) is 3. The highest BCUT2D eigenvalue weighted by atomic mass is 31.2. The van der Waals surface area contributed by atoms with Crippen molar-refractivity contribution >= 4 is 39.5 Å². The van der Waals surface area contributed by atoms with Crippen LogP contribution in [0.3, 0.4) is 0 Å². The fraction of sp³-hybridized carbons (Fsp3) is 0.586. The number of esters is 4.